The molecule has 2 aliphatic heterocycles. The van der Waals surface area contributed by atoms with Gasteiger partial charge >= 0.3 is 0 Å². The summed E-state index contributed by atoms with van der Waals surface area (Å²) in [6, 6.07) is 52.7. The lowest BCUT2D eigenvalue weighted by Crippen LogP contribution is -1.99. The van der Waals surface area contributed by atoms with Crippen LogP contribution in [0.3, 0.4) is 0 Å². The monoisotopic (exact) mass is 720 g/mol. The molecule has 56 heavy (non-hydrogen) atoms. The van der Waals surface area contributed by atoms with Crippen LogP contribution in [0.1, 0.15) is 28.3 Å². The van der Waals surface area contributed by atoms with E-state index < -0.39 is 0 Å². The molecule has 0 radical (unpaired) electrons. The first-order chi connectivity index (χ1) is 27.8. The van der Waals surface area contributed by atoms with Crippen molar-refractivity contribution in [2.24, 2.45) is 0 Å². The van der Waals surface area contributed by atoms with Gasteiger partial charge in [0.05, 0.1) is 39.5 Å². The maximum atomic E-state index is 5.47. The highest BCUT2D eigenvalue weighted by Crippen LogP contribution is 2.40. The first-order valence-corrected chi connectivity index (χ1v) is 18.8. The molecule has 6 heteroatoms. The summed E-state index contributed by atoms with van der Waals surface area (Å²) in [6.07, 6.45) is 12.2. The highest BCUT2D eigenvalue weighted by atomic mass is 14.9. The van der Waals surface area contributed by atoms with Crippen molar-refractivity contribution < 1.29 is 0 Å². The molecule has 0 saturated carbocycles. The highest BCUT2D eigenvalue weighted by Gasteiger charge is 2.20. The fourth-order valence-corrected chi connectivity index (χ4v) is 7.76. The van der Waals surface area contributed by atoms with Gasteiger partial charge in [0, 0.05) is 52.2 Å². The summed E-state index contributed by atoms with van der Waals surface area (Å²) in [4.78, 5) is 22.9. The lowest BCUT2D eigenvalue weighted by atomic mass is 10.0. The van der Waals surface area contributed by atoms with Crippen LogP contribution in [-0.2, 0) is 6.54 Å². The number of aromatic amines is 2. The normalized spacial score (nSPS) is 11.9. The van der Waals surface area contributed by atoms with Crippen molar-refractivity contribution in [3.8, 4) is 44.5 Å². The molecule has 6 heterocycles. The Balaban J connectivity index is 1.39. The number of nitrogens with zero attached hydrogens (tertiary/aromatic N) is 3. The van der Waals surface area contributed by atoms with E-state index in [1.165, 1.54) is 0 Å². The van der Waals surface area contributed by atoms with Crippen molar-refractivity contribution in [2.75, 3.05) is 5.32 Å². The molecule has 0 amide bonds. The SMILES string of the molecule is C1=Cc2nc1c(-c1ccccc1)c1ccc([nH]1)c(-c1ccccc1)c1nc(c(-c3ccccc3)c3[nH]c(cc3NCc3ccncc3)c2-c2ccccc2)C=C1. The molecule has 0 fully saturated rings. The van der Waals surface area contributed by atoms with Crippen molar-refractivity contribution in [3.63, 3.8) is 0 Å². The number of benzene rings is 4. The van der Waals surface area contributed by atoms with E-state index in [1.54, 1.807) is 0 Å². The first-order valence-electron chi connectivity index (χ1n) is 18.8. The minimum absolute atomic E-state index is 0.615. The quantitative estimate of drug-likeness (QED) is 0.153. The van der Waals surface area contributed by atoms with Crippen molar-refractivity contribution in [1.29, 1.82) is 0 Å². The van der Waals surface area contributed by atoms with E-state index in [-0.39, 0.29) is 0 Å². The Bertz CT molecular complexity index is 2930. The fraction of sp³-hybridized carbons (Fsp3) is 0.0200. The Morgan fingerprint density at radius 2 is 0.821 bits per heavy atom. The van der Waals surface area contributed by atoms with E-state index in [1.807, 2.05) is 24.5 Å². The van der Waals surface area contributed by atoms with E-state index in [2.05, 4.69) is 184 Å². The second-order valence-corrected chi connectivity index (χ2v) is 13.9. The Kier molecular flexibility index (Phi) is 8.46. The van der Waals surface area contributed by atoms with Crippen LogP contribution in [0.15, 0.2) is 164 Å². The van der Waals surface area contributed by atoms with Gasteiger partial charge in [-0.1, -0.05) is 121 Å². The number of pyridine rings is 1. The molecule has 0 spiro atoms. The van der Waals surface area contributed by atoms with Crippen molar-refractivity contribution in [3.05, 3.63) is 192 Å². The first kappa shape index (κ1) is 33.0. The van der Waals surface area contributed by atoms with Gasteiger partial charge in [-0.2, -0.15) is 0 Å². The molecule has 266 valence electrons. The number of nitrogens with one attached hydrogen (secondary N) is 3. The van der Waals surface area contributed by atoms with E-state index in [0.29, 0.717) is 6.54 Å². The Morgan fingerprint density at radius 1 is 0.411 bits per heavy atom. The highest BCUT2D eigenvalue weighted by molar-refractivity contribution is 6.03. The van der Waals surface area contributed by atoms with Gasteiger partial charge in [-0.3, -0.25) is 4.98 Å². The average molecular weight is 721 g/mol. The van der Waals surface area contributed by atoms with Gasteiger partial charge in [0.15, 0.2) is 0 Å². The second kappa shape index (κ2) is 14.3. The summed E-state index contributed by atoms with van der Waals surface area (Å²) >= 11 is 0. The minimum Gasteiger partial charge on any atom is -0.379 e. The molecule has 8 aromatic rings. The fourth-order valence-electron chi connectivity index (χ4n) is 7.76. The van der Waals surface area contributed by atoms with Crippen LogP contribution in [0.4, 0.5) is 5.69 Å². The number of H-pyrrole nitrogens is 2. The molecule has 0 atom stereocenters. The largest absolute Gasteiger partial charge is 0.379 e. The van der Waals surface area contributed by atoms with Gasteiger partial charge in [0.1, 0.15) is 0 Å². The molecule has 3 N–H and O–H groups in total. The summed E-state index contributed by atoms with van der Waals surface area (Å²) in [5.74, 6) is 0. The van der Waals surface area contributed by atoms with E-state index in [0.717, 1.165) is 101 Å². The maximum absolute atomic E-state index is 5.47. The van der Waals surface area contributed by atoms with Crippen LogP contribution < -0.4 is 5.32 Å². The molecule has 6 nitrogen and oxygen atoms in total. The van der Waals surface area contributed by atoms with Gasteiger partial charge < -0.3 is 15.3 Å². The van der Waals surface area contributed by atoms with Gasteiger partial charge in [-0.05, 0) is 82.5 Å². The van der Waals surface area contributed by atoms with Crippen molar-refractivity contribution in [1.82, 2.24) is 24.9 Å². The van der Waals surface area contributed by atoms with Gasteiger partial charge in [0.25, 0.3) is 0 Å². The second-order valence-electron chi connectivity index (χ2n) is 13.9. The Hall–Kier alpha value is -7.57. The van der Waals surface area contributed by atoms with E-state index in [9.17, 15) is 0 Å². The number of anilines is 1. The number of rotatable bonds is 7. The zero-order valence-corrected chi connectivity index (χ0v) is 30.4. The average Bonchev–Trinajstić information content (AvgIpc) is 4.10. The summed E-state index contributed by atoms with van der Waals surface area (Å²) < 4.78 is 0. The number of hydrogen-bond acceptors (Lipinski definition) is 4. The van der Waals surface area contributed by atoms with E-state index in [4.69, 9.17) is 9.97 Å². The molecule has 4 aromatic carbocycles. The lowest BCUT2D eigenvalue weighted by molar-refractivity contribution is 1.13. The smallest absolute Gasteiger partial charge is 0.0738 e. The van der Waals surface area contributed by atoms with Crippen LogP contribution >= 0.6 is 0 Å². The summed E-state index contributed by atoms with van der Waals surface area (Å²) in [5.41, 5.74) is 17.8. The molecular weight excluding hydrogens is 685 g/mol. The third kappa shape index (κ3) is 6.19. The molecule has 4 aromatic heterocycles. The number of hydrogen-bond donors (Lipinski definition) is 3. The summed E-state index contributed by atoms with van der Waals surface area (Å²) in [6.45, 7) is 0.615. The zero-order chi connectivity index (χ0) is 37.3. The van der Waals surface area contributed by atoms with Crippen LogP contribution in [0, 0.1) is 0 Å². The third-order valence-electron chi connectivity index (χ3n) is 10.3. The summed E-state index contributed by atoms with van der Waals surface area (Å²) in [5, 5.41) is 3.79. The number of aromatic nitrogens is 5. The minimum atomic E-state index is 0.615. The van der Waals surface area contributed by atoms with Crippen molar-refractivity contribution >= 4 is 52.1 Å². The van der Waals surface area contributed by atoms with Gasteiger partial charge in [0.2, 0.25) is 0 Å². The van der Waals surface area contributed by atoms with Crippen molar-refractivity contribution in [2.45, 2.75) is 6.54 Å². The van der Waals surface area contributed by atoms with Crippen LogP contribution in [0.25, 0.3) is 90.9 Å². The molecular formula is C50H36N6. The molecule has 0 saturated heterocycles. The van der Waals surface area contributed by atoms with Crippen LogP contribution in [0.2, 0.25) is 0 Å². The standard InChI is InChI=1S/C50H36N6/c1-5-13-34(14-6-1)46-38-21-22-39(53-38)47(35-15-7-2-8-16-35)41-25-26-43(55-41)49(37-19-11-4-12-20-37)50-45(52-32-33-27-29-51-30-28-33)31-44(56-50)48(36-17-9-3-10-18-36)42-24-23-40(46)54-42/h1-31,52-53,56H,32H2. The van der Waals surface area contributed by atoms with Crippen LogP contribution in [-0.4, -0.2) is 24.9 Å². The van der Waals surface area contributed by atoms with Crippen LogP contribution in [0.5, 0.6) is 0 Å². The Morgan fingerprint density at radius 3 is 1.29 bits per heavy atom. The van der Waals surface area contributed by atoms with E-state index >= 15 is 0 Å². The predicted octanol–water partition coefficient (Wildman–Crippen LogP) is 12.3. The molecule has 10 rings (SSSR count). The summed E-state index contributed by atoms with van der Waals surface area (Å²) in [7, 11) is 0. The van der Waals surface area contributed by atoms with Gasteiger partial charge in [-0.15, -0.1) is 0 Å². The zero-order valence-electron chi connectivity index (χ0n) is 30.4. The Labute approximate surface area is 324 Å². The maximum Gasteiger partial charge on any atom is 0.0738 e. The molecule has 2 aliphatic rings. The van der Waals surface area contributed by atoms with Gasteiger partial charge in [-0.25, -0.2) is 9.97 Å². The molecule has 0 aliphatic carbocycles. The predicted molar refractivity (Wildman–Crippen MR) is 232 cm³/mol. The molecule has 8 bridgehead atoms. The lowest BCUT2D eigenvalue weighted by Gasteiger charge is -2.09. The molecule has 0 unspecified atom stereocenters. The number of fused-ring (bicyclic) bond motifs is 8. The topological polar surface area (TPSA) is 82.3 Å². The third-order valence-corrected chi connectivity index (χ3v) is 10.3.